The summed E-state index contributed by atoms with van der Waals surface area (Å²) in [5, 5.41) is 11.3. The lowest BCUT2D eigenvalue weighted by atomic mass is 9.93. The fraction of sp³-hybridized carbons (Fsp3) is 0.217. The van der Waals surface area contributed by atoms with E-state index in [0.29, 0.717) is 11.4 Å². The molecule has 1 aliphatic rings. The number of halogens is 2. The van der Waals surface area contributed by atoms with Gasteiger partial charge in [-0.1, -0.05) is 29.8 Å². The summed E-state index contributed by atoms with van der Waals surface area (Å²) in [5.41, 5.74) is 4.07. The van der Waals surface area contributed by atoms with Crippen molar-refractivity contribution in [2.45, 2.75) is 32.0 Å². The number of nitrogens with zero attached hydrogens (tertiary/aromatic N) is 1. The maximum atomic E-state index is 13.5. The van der Waals surface area contributed by atoms with Gasteiger partial charge in [0, 0.05) is 33.7 Å². The number of rotatable bonds is 3. The minimum Gasteiger partial charge on any atom is -0.458 e. The average Bonchev–Trinajstić information content (AvgIpc) is 2.66. The van der Waals surface area contributed by atoms with Crippen molar-refractivity contribution in [1.29, 1.82) is 0 Å². The Bertz CT molecular complexity index is 1110. The maximum Gasteiger partial charge on any atom is 0.309 e. The summed E-state index contributed by atoms with van der Waals surface area (Å²) in [7, 11) is 0. The summed E-state index contributed by atoms with van der Waals surface area (Å²) in [6.45, 7) is 1.89. The molecule has 0 spiro atoms. The summed E-state index contributed by atoms with van der Waals surface area (Å²) < 4.78 is 18.8. The number of aromatic nitrogens is 1. The van der Waals surface area contributed by atoms with Gasteiger partial charge in [-0.15, -0.1) is 0 Å². The lowest BCUT2D eigenvalue weighted by Gasteiger charge is -2.23. The highest BCUT2D eigenvalue weighted by Crippen LogP contribution is 2.35. The predicted molar refractivity (Wildman–Crippen MR) is 111 cm³/mol. The van der Waals surface area contributed by atoms with Crippen molar-refractivity contribution in [3.05, 3.63) is 70.6 Å². The number of aryl methyl sites for hydroxylation is 1. The maximum absolute atomic E-state index is 13.5. The number of hydrogen-bond acceptors (Lipinski definition) is 4. The number of cyclic esters (lactones) is 1. The fourth-order valence-electron chi connectivity index (χ4n) is 3.63. The van der Waals surface area contributed by atoms with Gasteiger partial charge in [0.2, 0.25) is 0 Å². The van der Waals surface area contributed by atoms with E-state index in [1.165, 1.54) is 12.1 Å². The second-order valence-electron chi connectivity index (χ2n) is 7.14. The van der Waals surface area contributed by atoms with Crippen molar-refractivity contribution in [3.63, 3.8) is 0 Å². The molecule has 4 nitrogen and oxygen atoms in total. The molecule has 0 amide bonds. The number of aliphatic hydroxyl groups is 1. The second-order valence-corrected chi connectivity index (χ2v) is 7.57. The van der Waals surface area contributed by atoms with E-state index in [4.69, 9.17) is 16.3 Å². The summed E-state index contributed by atoms with van der Waals surface area (Å²) >= 11 is 6.24. The van der Waals surface area contributed by atoms with Crippen LogP contribution in [0.1, 0.15) is 24.1 Å². The topological polar surface area (TPSA) is 59.4 Å². The molecular formula is C23H19ClFNO3. The molecule has 1 aromatic heterocycles. The molecule has 1 fully saturated rings. The molecule has 0 unspecified atom stereocenters. The summed E-state index contributed by atoms with van der Waals surface area (Å²) in [4.78, 5) is 16.3. The molecule has 0 radical (unpaired) electrons. The van der Waals surface area contributed by atoms with Gasteiger partial charge in [-0.05, 0) is 48.9 Å². The molecule has 3 aromatic rings. The van der Waals surface area contributed by atoms with Crippen molar-refractivity contribution in [2.75, 3.05) is 0 Å². The molecule has 1 saturated heterocycles. The molecule has 2 heterocycles. The number of ether oxygens (including phenoxy) is 1. The Morgan fingerprint density at radius 1 is 1.24 bits per heavy atom. The van der Waals surface area contributed by atoms with Crippen LogP contribution in [0.4, 0.5) is 4.39 Å². The first-order chi connectivity index (χ1) is 13.9. The zero-order chi connectivity index (χ0) is 20.5. The minimum atomic E-state index is -0.711. The van der Waals surface area contributed by atoms with Crippen LogP contribution in [0.3, 0.4) is 0 Å². The fourth-order valence-corrected chi connectivity index (χ4v) is 3.81. The van der Waals surface area contributed by atoms with E-state index >= 15 is 0 Å². The largest absolute Gasteiger partial charge is 0.458 e. The lowest BCUT2D eigenvalue weighted by molar-refractivity contribution is -0.156. The van der Waals surface area contributed by atoms with Crippen LogP contribution in [0.2, 0.25) is 5.02 Å². The van der Waals surface area contributed by atoms with Crippen LogP contribution in [0.25, 0.3) is 28.1 Å². The standard InChI is InChI=1S/C23H19ClFNO3/c1-13-19(8-7-18-11-17(27)12-22(28)29-18)23(14-2-5-16(25)6-3-14)20-10-15(24)4-9-21(20)26-13/h2-10,17-18,27H,11-12H2,1H3/b8-7+/t17-,18-/m0/s1. The first kappa shape index (κ1) is 19.6. The molecular weight excluding hydrogens is 393 g/mol. The van der Waals surface area contributed by atoms with Crippen LogP contribution in [0, 0.1) is 12.7 Å². The minimum absolute atomic E-state index is 0.0141. The Balaban J connectivity index is 1.87. The Morgan fingerprint density at radius 2 is 2.00 bits per heavy atom. The third kappa shape index (κ3) is 4.16. The first-order valence-corrected chi connectivity index (χ1v) is 9.70. The first-order valence-electron chi connectivity index (χ1n) is 9.32. The van der Waals surface area contributed by atoms with E-state index < -0.39 is 18.2 Å². The Labute approximate surface area is 172 Å². The van der Waals surface area contributed by atoms with Gasteiger partial charge in [0.1, 0.15) is 11.9 Å². The van der Waals surface area contributed by atoms with Crippen LogP contribution in [0.5, 0.6) is 0 Å². The zero-order valence-electron chi connectivity index (χ0n) is 15.7. The van der Waals surface area contributed by atoms with Crippen molar-refractivity contribution < 1.29 is 19.0 Å². The van der Waals surface area contributed by atoms with Crippen molar-refractivity contribution in [3.8, 4) is 11.1 Å². The van der Waals surface area contributed by atoms with E-state index in [-0.39, 0.29) is 12.2 Å². The van der Waals surface area contributed by atoms with E-state index in [1.54, 1.807) is 24.3 Å². The molecule has 148 valence electrons. The highest BCUT2D eigenvalue weighted by Gasteiger charge is 2.25. The quantitative estimate of drug-likeness (QED) is 0.610. The van der Waals surface area contributed by atoms with E-state index in [9.17, 15) is 14.3 Å². The van der Waals surface area contributed by atoms with Gasteiger partial charge < -0.3 is 9.84 Å². The van der Waals surface area contributed by atoms with E-state index in [2.05, 4.69) is 4.98 Å². The summed E-state index contributed by atoms with van der Waals surface area (Å²) in [6.07, 6.45) is 2.74. The molecule has 0 bridgehead atoms. The number of aliphatic hydroxyl groups excluding tert-OH is 1. The molecule has 1 N–H and O–H groups in total. The van der Waals surface area contributed by atoms with Gasteiger partial charge in [0.25, 0.3) is 0 Å². The highest BCUT2D eigenvalue weighted by atomic mass is 35.5. The third-order valence-electron chi connectivity index (χ3n) is 4.98. The number of esters is 1. The SMILES string of the molecule is Cc1nc2ccc(Cl)cc2c(-c2ccc(F)cc2)c1/C=C/[C@H]1C[C@H](O)CC(=O)O1. The Morgan fingerprint density at radius 3 is 2.72 bits per heavy atom. The van der Waals surface area contributed by atoms with E-state index in [1.807, 2.05) is 25.1 Å². The molecule has 1 aliphatic heterocycles. The molecule has 6 heteroatoms. The van der Waals surface area contributed by atoms with Gasteiger partial charge in [0.15, 0.2) is 0 Å². The van der Waals surface area contributed by atoms with Gasteiger partial charge in [0.05, 0.1) is 18.0 Å². The van der Waals surface area contributed by atoms with E-state index in [0.717, 1.165) is 33.3 Å². The van der Waals surface area contributed by atoms with Crippen LogP contribution < -0.4 is 0 Å². The number of carbonyl (C=O) groups excluding carboxylic acids is 1. The molecule has 0 saturated carbocycles. The molecule has 29 heavy (non-hydrogen) atoms. The number of benzene rings is 2. The number of carbonyl (C=O) groups is 1. The zero-order valence-corrected chi connectivity index (χ0v) is 16.5. The van der Waals surface area contributed by atoms with Gasteiger partial charge in [-0.25, -0.2) is 4.39 Å². The molecule has 2 aromatic carbocycles. The molecule has 0 aliphatic carbocycles. The van der Waals surface area contributed by atoms with Crippen molar-refractivity contribution >= 4 is 34.5 Å². The number of hydrogen-bond donors (Lipinski definition) is 1. The Hall–Kier alpha value is -2.76. The van der Waals surface area contributed by atoms with Crippen LogP contribution in [-0.2, 0) is 9.53 Å². The smallest absolute Gasteiger partial charge is 0.309 e. The Kier molecular flexibility index (Phi) is 5.35. The van der Waals surface area contributed by atoms with Gasteiger partial charge >= 0.3 is 5.97 Å². The third-order valence-corrected chi connectivity index (χ3v) is 5.21. The highest BCUT2D eigenvalue weighted by molar-refractivity contribution is 6.31. The lowest BCUT2D eigenvalue weighted by Crippen LogP contribution is -2.31. The van der Waals surface area contributed by atoms with Gasteiger partial charge in [-0.2, -0.15) is 0 Å². The molecule has 2 atom stereocenters. The van der Waals surface area contributed by atoms with Crippen LogP contribution >= 0.6 is 11.6 Å². The van der Waals surface area contributed by atoms with Crippen molar-refractivity contribution in [1.82, 2.24) is 4.98 Å². The van der Waals surface area contributed by atoms with Crippen molar-refractivity contribution in [2.24, 2.45) is 0 Å². The number of pyridine rings is 1. The molecule has 4 rings (SSSR count). The number of fused-ring (bicyclic) bond motifs is 1. The summed E-state index contributed by atoms with van der Waals surface area (Å²) in [6, 6.07) is 11.7. The monoisotopic (exact) mass is 411 g/mol. The summed E-state index contributed by atoms with van der Waals surface area (Å²) in [5.74, 6) is -0.737. The predicted octanol–water partition coefficient (Wildman–Crippen LogP) is 5.08. The van der Waals surface area contributed by atoms with Crippen LogP contribution in [0.15, 0.2) is 48.5 Å². The van der Waals surface area contributed by atoms with Crippen LogP contribution in [-0.4, -0.2) is 28.3 Å². The second kappa shape index (κ2) is 7.93. The average molecular weight is 412 g/mol. The normalized spacial score (nSPS) is 19.7. The van der Waals surface area contributed by atoms with Gasteiger partial charge in [-0.3, -0.25) is 9.78 Å².